The van der Waals surface area contributed by atoms with E-state index >= 15 is 0 Å². The smallest absolute Gasteiger partial charge is 0.266 e. The first kappa shape index (κ1) is 39.3. The van der Waals surface area contributed by atoms with Crippen LogP contribution in [-0.2, 0) is 0 Å². The molecule has 0 radical (unpaired) electrons. The molecule has 0 saturated carbocycles. The van der Waals surface area contributed by atoms with E-state index in [-0.39, 0.29) is 0 Å². The number of fused-ring (bicyclic) bond motifs is 6. The van der Waals surface area contributed by atoms with E-state index in [1.165, 1.54) is 0 Å². The van der Waals surface area contributed by atoms with Gasteiger partial charge in [-0.25, -0.2) is 10.9 Å². The third-order valence-electron chi connectivity index (χ3n) is 9.83. The molecule has 62 heavy (non-hydrogen) atoms. The van der Waals surface area contributed by atoms with Crippen molar-refractivity contribution in [2.24, 2.45) is 20.4 Å². The van der Waals surface area contributed by atoms with E-state index in [9.17, 15) is 0 Å². The highest BCUT2D eigenvalue weighted by atomic mass is 16.5. The Bertz CT molecular complexity index is 2550. The normalized spacial score (nSPS) is 16.5. The number of hydrogen-bond acceptors (Lipinski definition) is 14. The van der Waals surface area contributed by atoms with E-state index < -0.39 is 0 Å². The molecule has 0 atom stereocenters. The van der Waals surface area contributed by atoms with Crippen LogP contribution < -0.4 is 29.8 Å². The molecule has 0 spiro atoms. The number of nitrogens with one attached hydrogen (secondary N) is 2. The Balaban J connectivity index is 1.05. The molecule has 2 aliphatic heterocycles. The first-order chi connectivity index (χ1) is 30.8. The number of hydrazone groups is 2. The van der Waals surface area contributed by atoms with Gasteiger partial charge in [-0.2, -0.15) is 29.8 Å². The van der Waals surface area contributed by atoms with E-state index in [2.05, 4.69) is 41.4 Å². The van der Waals surface area contributed by atoms with Gasteiger partial charge in [-0.1, -0.05) is 72.8 Å². The topological polar surface area (TPSA) is 172 Å². The Kier molecular flexibility index (Phi) is 12.2. The molecular weight excluding hydrogens is 785 g/mol. The van der Waals surface area contributed by atoms with Gasteiger partial charge < -0.3 is 18.9 Å². The molecule has 2 aromatic heterocycles. The number of hydrogen-bond donors (Lipinski definition) is 2. The van der Waals surface area contributed by atoms with Crippen molar-refractivity contribution in [2.45, 2.75) is 25.7 Å². The number of nitrogens with zero attached hydrogens (tertiary/aromatic N) is 10. The minimum Gasteiger partial charge on any atom is -0.493 e. The summed E-state index contributed by atoms with van der Waals surface area (Å²) in [5.74, 6) is 4.40. The summed E-state index contributed by atoms with van der Waals surface area (Å²) in [5.41, 5.74) is 10.7. The molecule has 0 saturated heterocycles. The van der Waals surface area contributed by atoms with Gasteiger partial charge in [0.2, 0.25) is 0 Å². The third-order valence-corrected chi connectivity index (χ3v) is 9.83. The molecular formula is C46H42N12O4. The van der Waals surface area contributed by atoms with Crippen molar-refractivity contribution in [1.82, 2.24) is 29.7 Å². The fourth-order valence-corrected chi connectivity index (χ4v) is 6.62. The van der Waals surface area contributed by atoms with Gasteiger partial charge in [0.05, 0.1) is 51.3 Å². The van der Waals surface area contributed by atoms with Gasteiger partial charge in [-0.15, -0.1) is 20.4 Å². The zero-order valence-corrected chi connectivity index (χ0v) is 33.6. The molecule has 4 heterocycles. The monoisotopic (exact) mass is 826 g/mol. The first-order valence-electron chi connectivity index (χ1n) is 20.3. The standard InChI is InChI=1S/C46H42N12O4/c1-5-17-39-35(13-1)29-47-53-45-55-51-43(57(45)49-31-37-15-3-7-19-41(37)61-27-11-9-25-59-39)33-21-23-34(24-22-33)44-52-56-46-54-48-30-36-14-2-6-18-40(36)60-26-10-12-28-62-42-20-8-4-16-38(42)32-50-58(44)46/h1-8,13-24,29-32H,9-12,25-28H2,(H,53,55)(H,54,56)/b47-29+,48-30+,49-31+,50-32+. The van der Waals surface area contributed by atoms with Crippen LogP contribution in [0.15, 0.2) is 142 Å². The fourth-order valence-electron chi connectivity index (χ4n) is 6.62. The van der Waals surface area contributed by atoms with E-state index in [0.717, 1.165) is 70.6 Å². The summed E-state index contributed by atoms with van der Waals surface area (Å²) < 4.78 is 27.7. The summed E-state index contributed by atoms with van der Waals surface area (Å²) in [4.78, 5) is 0. The Labute approximate surface area is 357 Å². The zero-order chi connectivity index (χ0) is 41.8. The van der Waals surface area contributed by atoms with E-state index in [1.807, 2.05) is 121 Å². The molecule has 16 nitrogen and oxygen atoms in total. The molecule has 0 bridgehead atoms. The lowest BCUT2D eigenvalue weighted by molar-refractivity contribution is 0.266. The molecule has 2 aliphatic rings. The molecule has 310 valence electrons. The summed E-state index contributed by atoms with van der Waals surface area (Å²) in [6.45, 7) is 2.16. The second kappa shape index (κ2) is 19.3. The van der Waals surface area contributed by atoms with Gasteiger partial charge >= 0.3 is 0 Å². The van der Waals surface area contributed by atoms with Crippen molar-refractivity contribution in [3.63, 3.8) is 0 Å². The maximum atomic E-state index is 6.18. The predicted octanol–water partition coefficient (Wildman–Crippen LogP) is 7.96. The first-order valence-corrected chi connectivity index (χ1v) is 20.3. The van der Waals surface area contributed by atoms with Crippen LogP contribution in [0.3, 0.4) is 0 Å². The molecule has 0 unspecified atom stereocenters. The van der Waals surface area contributed by atoms with Crippen LogP contribution in [0, 0.1) is 0 Å². The Hall–Kier alpha value is -8.14. The molecule has 9 rings (SSSR count). The Morgan fingerprint density at radius 2 is 0.694 bits per heavy atom. The lowest BCUT2D eigenvalue weighted by atomic mass is 10.1. The van der Waals surface area contributed by atoms with Crippen molar-refractivity contribution in [2.75, 3.05) is 37.3 Å². The summed E-state index contributed by atoms with van der Waals surface area (Å²) >= 11 is 0. The van der Waals surface area contributed by atoms with Crippen LogP contribution >= 0.6 is 0 Å². The van der Waals surface area contributed by atoms with Crippen molar-refractivity contribution >= 4 is 36.8 Å². The van der Waals surface area contributed by atoms with E-state index in [1.54, 1.807) is 34.2 Å². The van der Waals surface area contributed by atoms with Crippen LogP contribution in [0.25, 0.3) is 22.8 Å². The van der Waals surface area contributed by atoms with Crippen molar-refractivity contribution in [3.8, 4) is 45.8 Å². The fraction of sp³-hybridized carbons (Fsp3) is 0.174. The van der Waals surface area contributed by atoms with Gasteiger partial charge in [0.1, 0.15) is 23.0 Å². The van der Waals surface area contributed by atoms with Gasteiger partial charge in [0, 0.05) is 33.4 Å². The van der Waals surface area contributed by atoms with Crippen LogP contribution in [0.4, 0.5) is 11.9 Å². The molecule has 7 aromatic rings. The van der Waals surface area contributed by atoms with Crippen LogP contribution in [0.5, 0.6) is 23.0 Å². The number of ether oxygens (including phenoxy) is 4. The Morgan fingerprint density at radius 1 is 0.371 bits per heavy atom. The van der Waals surface area contributed by atoms with E-state index in [4.69, 9.17) is 29.2 Å². The minimum absolute atomic E-state index is 0.295. The summed E-state index contributed by atoms with van der Waals surface area (Å²) in [5, 5.41) is 36.6. The van der Waals surface area contributed by atoms with Gasteiger partial charge in [0.15, 0.2) is 11.6 Å². The lowest BCUT2D eigenvalue weighted by Gasteiger charge is -2.10. The number of rotatable bonds is 2. The lowest BCUT2D eigenvalue weighted by Crippen LogP contribution is -2.04. The predicted molar refractivity (Wildman–Crippen MR) is 239 cm³/mol. The second-order valence-electron chi connectivity index (χ2n) is 14.1. The average Bonchev–Trinajstić information content (AvgIpc) is 3.91. The van der Waals surface area contributed by atoms with Crippen LogP contribution in [0.2, 0.25) is 0 Å². The number of aromatic nitrogens is 6. The second-order valence-corrected chi connectivity index (χ2v) is 14.1. The van der Waals surface area contributed by atoms with Crippen molar-refractivity contribution in [3.05, 3.63) is 144 Å². The maximum absolute atomic E-state index is 6.18. The quantitative estimate of drug-likeness (QED) is 0.174. The molecule has 0 fully saturated rings. The molecule has 2 N–H and O–H groups in total. The third kappa shape index (κ3) is 9.34. The minimum atomic E-state index is 0.295. The molecule has 16 heteroatoms. The summed E-state index contributed by atoms with van der Waals surface area (Å²) in [6.07, 6.45) is 10.1. The zero-order valence-electron chi connectivity index (χ0n) is 33.6. The number of benzene rings is 5. The summed E-state index contributed by atoms with van der Waals surface area (Å²) in [7, 11) is 0. The highest BCUT2D eigenvalue weighted by Gasteiger charge is 2.18. The highest BCUT2D eigenvalue weighted by molar-refractivity contribution is 5.86. The van der Waals surface area contributed by atoms with Crippen molar-refractivity contribution in [1.29, 1.82) is 0 Å². The highest BCUT2D eigenvalue weighted by Crippen LogP contribution is 2.28. The maximum Gasteiger partial charge on any atom is 0.266 e. The van der Waals surface area contributed by atoms with Gasteiger partial charge in [-0.05, 0) is 74.2 Å². The summed E-state index contributed by atoms with van der Waals surface area (Å²) in [6, 6.07) is 38.6. The van der Waals surface area contributed by atoms with E-state index in [0.29, 0.717) is 61.5 Å². The average molecular weight is 827 g/mol. The molecule has 5 aromatic carbocycles. The number of anilines is 2. The Morgan fingerprint density at radius 3 is 1.05 bits per heavy atom. The van der Waals surface area contributed by atoms with Gasteiger partial charge in [0.25, 0.3) is 11.9 Å². The van der Waals surface area contributed by atoms with Crippen molar-refractivity contribution < 1.29 is 18.9 Å². The SMILES string of the molecule is C1=N/Nc2nnc(-c3ccc(-c4nnc5n4/N=C/c4ccccc4OCCCCOc4ccccc4/C=N/N5)cc3)n2/N=C/c2ccccc2OCCCCOc2ccccc2/1. The van der Waals surface area contributed by atoms with Crippen LogP contribution in [-0.4, -0.2) is 81.0 Å². The number of para-hydroxylation sites is 4. The van der Waals surface area contributed by atoms with Crippen LogP contribution in [0.1, 0.15) is 47.9 Å². The molecule has 0 amide bonds. The van der Waals surface area contributed by atoms with Gasteiger partial charge in [-0.3, -0.25) is 0 Å². The largest absolute Gasteiger partial charge is 0.493 e. The molecule has 0 aliphatic carbocycles.